The maximum atomic E-state index is 11.7. The van der Waals surface area contributed by atoms with Crippen molar-refractivity contribution >= 4 is 23.2 Å². The van der Waals surface area contributed by atoms with Gasteiger partial charge in [-0.05, 0) is 11.4 Å². The van der Waals surface area contributed by atoms with E-state index in [1.54, 1.807) is 6.92 Å². The van der Waals surface area contributed by atoms with E-state index in [0.29, 0.717) is 6.54 Å². The molecular weight excluding hydrogens is 262 g/mol. The van der Waals surface area contributed by atoms with Gasteiger partial charge < -0.3 is 10.2 Å². The lowest BCUT2D eigenvalue weighted by Crippen LogP contribution is -2.49. The molecule has 5 nitrogen and oxygen atoms in total. The fraction of sp³-hybridized carbons (Fsp3) is 0.538. The molecule has 0 atom stereocenters. The molecule has 1 aromatic heterocycles. The van der Waals surface area contributed by atoms with E-state index in [0.717, 1.165) is 37.6 Å². The molecule has 2 rings (SSSR count). The van der Waals surface area contributed by atoms with E-state index in [2.05, 4.69) is 10.2 Å². The molecule has 0 aliphatic carbocycles. The Balaban J connectivity index is 1.65. The van der Waals surface area contributed by atoms with Crippen molar-refractivity contribution in [2.24, 2.45) is 0 Å². The average Bonchev–Trinajstić information content (AvgIpc) is 2.93. The van der Waals surface area contributed by atoms with Crippen LogP contribution < -0.4 is 5.32 Å². The molecule has 2 heterocycles. The van der Waals surface area contributed by atoms with Crippen LogP contribution in [-0.4, -0.2) is 60.9 Å². The summed E-state index contributed by atoms with van der Waals surface area (Å²) < 4.78 is 0. The quantitative estimate of drug-likeness (QED) is 0.881. The first kappa shape index (κ1) is 14.0. The Labute approximate surface area is 117 Å². The molecule has 0 unspecified atom stereocenters. The number of hydrogen-bond acceptors (Lipinski definition) is 4. The number of rotatable bonds is 4. The minimum atomic E-state index is -0.00243. The van der Waals surface area contributed by atoms with Gasteiger partial charge in [-0.3, -0.25) is 14.5 Å². The number of nitrogens with zero attached hydrogens (tertiary/aromatic N) is 2. The number of thiophene rings is 1. The summed E-state index contributed by atoms with van der Waals surface area (Å²) in [6.45, 7) is 6.43. The Morgan fingerprint density at radius 2 is 2.05 bits per heavy atom. The van der Waals surface area contributed by atoms with Crippen LogP contribution in [0.2, 0.25) is 0 Å². The molecule has 0 radical (unpaired) electrons. The fourth-order valence-electron chi connectivity index (χ4n) is 2.11. The van der Waals surface area contributed by atoms with Crippen LogP contribution in [0.5, 0.6) is 0 Å². The summed E-state index contributed by atoms with van der Waals surface area (Å²) in [7, 11) is 0. The predicted molar refractivity (Wildman–Crippen MR) is 75.3 cm³/mol. The van der Waals surface area contributed by atoms with Gasteiger partial charge in [-0.1, -0.05) is 6.07 Å². The minimum Gasteiger partial charge on any atom is -0.350 e. The molecule has 1 aliphatic heterocycles. The van der Waals surface area contributed by atoms with Crippen molar-refractivity contribution in [3.8, 4) is 0 Å². The van der Waals surface area contributed by atoms with E-state index >= 15 is 0 Å². The van der Waals surface area contributed by atoms with Crippen LogP contribution in [0.3, 0.4) is 0 Å². The van der Waals surface area contributed by atoms with Crippen molar-refractivity contribution in [2.75, 3.05) is 39.3 Å². The lowest BCUT2D eigenvalue weighted by atomic mass is 10.3. The number of amides is 2. The summed E-state index contributed by atoms with van der Waals surface area (Å²) in [5.41, 5.74) is 0. The SMILES string of the molecule is CC(=O)N1CCN(CCNC(=O)c2cccs2)CC1. The van der Waals surface area contributed by atoms with Crippen LogP contribution in [-0.2, 0) is 4.79 Å². The zero-order valence-corrected chi connectivity index (χ0v) is 11.9. The van der Waals surface area contributed by atoms with Crippen LogP contribution in [0.4, 0.5) is 0 Å². The van der Waals surface area contributed by atoms with E-state index in [1.807, 2.05) is 22.4 Å². The van der Waals surface area contributed by atoms with Gasteiger partial charge in [-0.2, -0.15) is 0 Å². The summed E-state index contributed by atoms with van der Waals surface area (Å²) in [6, 6.07) is 3.70. The van der Waals surface area contributed by atoms with Crippen molar-refractivity contribution in [1.82, 2.24) is 15.1 Å². The first-order valence-electron chi connectivity index (χ1n) is 6.46. The highest BCUT2D eigenvalue weighted by Crippen LogP contribution is 2.07. The van der Waals surface area contributed by atoms with Crippen LogP contribution in [0.25, 0.3) is 0 Å². The Hall–Kier alpha value is -1.40. The number of carbonyl (C=O) groups is 2. The van der Waals surface area contributed by atoms with Gasteiger partial charge in [0.1, 0.15) is 0 Å². The van der Waals surface area contributed by atoms with Crippen molar-refractivity contribution in [2.45, 2.75) is 6.92 Å². The number of nitrogens with one attached hydrogen (secondary N) is 1. The van der Waals surface area contributed by atoms with Gasteiger partial charge in [0.2, 0.25) is 5.91 Å². The predicted octanol–water partition coefficient (Wildman–Crippen LogP) is 0.642. The standard InChI is InChI=1S/C13H19N3O2S/c1-11(17)16-8-6-15(7-9-16)5-4-14-13(18)12-3-2-10-19-12/h2-3,10H,4-9H2,1H3,(H,14,18). The third-order valence-corrected chi connectivity index (χ3v) is 4.14. The summed E-state index contributed by atoms with van der Waals surface area (Å²) in [5.74, 6) is 0.142. The summed E-state index contributed by atoms with van der Waals surface area (Å²) in [5, 5.41) is 4.81. The molecule has 2 amide bonds. The van der Waals surface area contributed by atoms with Crippen LogP contribution in [0.1, 0.15) is 16.6 Å². The van der Waals surface area contributed by atoms with Crippen molar-refractivity contribution < 1.29 is 9.59 Å². The van der Waals surface area contributed by atoms with Crippen molar-refractivity contribution in [3.05, 3.63) is 22.4 Å². The van der Waals surface area contributed by atoms with Gasteiger partial charge in [-0.15, -0.1) is 11.3 Å². The molecule has 1 aliphatic rings. The van der Waals surface area contributed by atoms with Gasteiger partial charge in [0, 0.05) is 46.2 Å². The molecule has 0 bridgehead atoms. The normalized spacial score (nSPS) is 16.4. The van der Waals surface area contributed by atoms with Gasteiger partial charge in [-0.25, -0.2) is 0 Å². The molecule has 1 saturated heterocycles. The molecule has 1 aromatic rings. The van der Waals surface area contributed by atoms with E-state index in [9.17, 15) is 9.59 Å². The Kier molecular flexibility index (Phi) is 4.93. The van der Waals surface area contributed by atoms with Gasteiger partial charge in [0.25, 0.3) is 5.91 Å². The Morgan fingerprint density at radius 3 is 2.63 bits per heavy atom. The highest BCUT2D eigenvalue weighted by atomic mass is 32.1. The van der Waals surface area contributed by atoms with Gasteiger partial charge in [0.05, 0.1) is 4.88 Å². The zero-order valence-electron chi connectivity index (χ0n) is 11.1. The van der Waals surface area contributed by atoms with E-state index < -0.39 is 0 Å². The van der Waals surface area contributed by atoms with Crippen LogP contribution >= 0.6 is 11.3 Å². The maximum Gasteiger partial charge on any atom is 0.261 e. The Bertz CT molecular complexity index is 425. The second-order valence-electron chi connectivity index (χ2n) is 4.58. The van der Waals surface area contributed by atoms with Crippen molar-refractivity contribution in [3.63, 3.8) is 0 Å². The third-order valence-electron chi connectivity index (χ3n) is 3.28. The second kappa shape index (κ2) is 6.68. The smallest absolute Gasteiger partial charge is 0.261 e. The molecule has 19 heavy (non-hydrogen) atoms. The summed E-state index contributed by atoms with van der Waals surface area (Å²) in [4.78, 5) is 27.8. The fourth-order valence-corrected chi connectivity index (χ4v) is 2.75. The van der Waals surface area contributed by atoms with E-state index in [4.69, 9.17) is 0 Å². The third kappa shape index (κ3) is 4.04. The molecular formula is C13H19N3O2S. The van der Waals surface area contributed by atoms with Crippen LogP contribution in [0.15, 0.2) is 17.5 Å². The monoisotopic (exact) mass is 281 g/mol. The highest BCUT2D eigenvalue weighted by Gasteiger charge is 2.18. The molecule has 1 N–H and O–H groups in total. The maximum absolute atomic E-state index is 11.7. The minimum absolute atomic E-state index is 0.00243. The average molecular weight is 281 g/mol. The lowest BCUT2D eigenvalue weighted by molar-refractivity contribution is -0.130. The summed E-state index contributed by atoms with van der Waals surface area (Å²) >= 11 is 1.45. The molecule has 6 heteroatoms. The van der Waals surface area contributed by atoms with Gasteiger partial charge in [0.15, 0.2) is 0 Å². The topological polar surface area (TPSA) is 52.7 Å². The number of hydrogen-bond donors (Lipinski definition) is 1. The van der Waals surface area contributed by atoms with Crippen LogP contribution in [0, 0.1) is 0 Å². The zero-order chi connectivity index (χ0) is 13.7. The van der Waals surface area contributed by atoms with E-state index in [1.165, 1.54) is 11.3 Å². The molecule has 0 spiro atoms. The molecule has 0 aromatic carbocycles. The molecule has 104 valence electrons. The first-order valence-corrected chi connectivity index (χ1v) is 7.34. The molecule has 0 saturated carbocycles. The Morgan fingerprint density at radius 1 is 1.32 bits per heavy atom. The largest absolute Gasteiger partial charge is 0.350 e. The molecule has 1 fully saturated rings. The second-order valence-corrected chi connectivity index (χ2v) is 5.53. The first-order chi connectivity index (χ1) is 9.16. The van der Waals surface area contributed by atoms with Crippen molar-refractivity contribution in [1.29, 1.82) is 0 Å². The lowest BCUT2D eigenvalue weighted by Gasteiger charge is -2.34. The van der Waals surface area contributed by atoms with Gasteiger partial charge >= 0.3 is 0 Å². The highest BCUT2D eigenvalue weighted by molar-refractivity contribution is 7.12. The number of piperazine rings is 1. The summed E-state index contributed by atoms with van der Waals surface area (Å²) in [6.07, 6.45) is 0. The number of carbonyl (C=O) groups excluding carboxylic acids is 2. The van der Waals surface area contributed by atoms with E-state index in [-0.39, 0.29) is 11.8 Å².